The molecule has 3 rings (SSSR count). The minimum absolute atomic E-state index is 0.118. The second-order valence-electron chi connectivity index (χ2n) is 6.99. The second-order valence-corrected chi connectivity index (χ2v) is 6.99. The monoisotopic (exact) mass is 378 g/mol. The van der Waals surface area contributed by atoms with Gasteiger partial charge in [-0.05, 0) is 37.0 Å². The van der Waals surface area contributed by atoms with Crippen molar-refractivity contribution in [2.75, 3.05) is 6.54 Å². The van der Waals surface area contributed by atoms with Crippen molar-refractivity contribution in [2.24, 2.45) is 0 Å². The van der Waals surface area contributed by atoms with E-state index in [4.69, 9.17) is 0 Å². The molecule has 2 aromatic carbocycles. The molecule has 3 aromatic rings. The number of aliphatic hydroxyl groups excluding tert-OH is 1. The number of aliphatic hydroxyl groups is 1. The zero-order chi connectivity index (χ0) is 20.1. The maximum Gasteiger partial charge on any atom is 0.273 e. The van der Waals surface area contributed by atoms with Crippen LogP contribution in [0.1, 0.15) is 51.5 Å². The summed E-state index contributed by atoms with van der Waals surface area (Å²) in [6.45, 7) is 6.61. The molecule has 0 aliphatic rings. The number of nitrogens with one attached hydrogen (secondary N) is 1. The normalized spacial score (nSPS) is 12.0. The van der Waals surface area contributed by atoms with E-state index in [1.165, 1.54) is 5.56 Å². The molecular weight excluding hydrogens is 352 g/mol. The van der Waals surface area contributed by atoms with E-state index in [2.05, 4.69) is 46.8 Å². The van der Waals surface area contributed by atoms with Crippen LogP contribution >= 0.6 is 0 Å². The SMILES string of the molecule is CCc1ccc(Cn2nnc(C(=O)NC[C@H](O)c3ccc(C)cc3)c2C)cc1. The molecule has 1 heterocycles. The van der Waals surface area contributed by atoms with E-state index in [1.54, 1.807) is 4.68 Å². The van der Waals surface area contributed by atoms with Crippen LogP contribution in [0.25, 0.3) is 0 Å². The molecule has 28 heavy (non-hydrogen) atoms. The van der Waals surface area contributed by atoms with Crippen LogP contribution in [0.3, 0.4) is 0 Å². The Morgan fingerprint density at radius 1 is 1.07 bits per heavy atom. The lowest BCUT2D eigenvalue weighted by Gasteiger charge is -2.12. The maximum atomic E-state index is 12.5. The quantitative estimate of drug-likeness (QED) is 0.662. The summed E-state index contributed by atoms with van der Waals surface area (Å²) in [5.41, 5.74) is 5.25. The van der Waals surface area contributed by atoms with Crippen molar-refractivity contribution in [3.63, 3.8) is 0 Å². The highest BCUT2D eigenvalue weighted by molar-refractivity contribution is 5.93. The van der Waals surface area contributed by atoms with Crippen LogP contribution in [0.15, 0.2) is 48.5 Å². The first-order valence-corrected chi connectivity index (χ1v) is 9.48. The van der Waals surface area contributed by atoms with Gasteiger partial charge in [0.15, 0.2) is 5.69 Å². The molecule has 6 nitrogen and oxygen atoms in total. The largest absolute Gasteiger partial charge is 0.387 e. The highest BCUT2D eigenvalue weighted by Crippen LogP contribution is 2.14. The van der Waals surface area contributed by atoms with Gasteiger partial charge < -0.3 is 10.4 Å². The highest BCUT2D eigenvalue weighted by atomic mass is 16.3. The highest BCUT2D eigenvalue weighted by Gasteiger charge is 2.18. The topological polar surface area (TPSA) is 80.0 Å². The van der Waals surface area contributed by atoms with Crippen molar-refractivity contribution in [3.8, 4) is 0 Å². The number of carbonyl (C=O) groups is 1. The van der Waals surface area contributed by atoms with Crippen molar-refractivity contribution in [2.45, 2.75) is 39.8 Å². The molecule has 0 spiro atoms. The van der Waals surface area contributed by atoms with Crippen molar-refractivity contribution in [3.05, 3.63) is 82.2 Å². The number of hydrogen-bond donors (Lipinski definition) is 2. The number of carbonyl (C=O) groups excluding carboxylic acids is 1. The fourth-order valence-corrected chi connectivity index (χ4v) is 2.95. The molecule has 146 valence electrons. The number of aryl methyl sites for hydroxylation is 2. The molecule has 0 fully saturated rings. The predicted molar refractivity (Wildman–Crippen MR) is 108 cm³/mol. The lowest BCUT2D eigenvalue weighted by molar-refractivity contribution is 0.0910. The molecule has 6 heteroatoms. The smallest absolute Gasteiger partial charge is 0.273 e. The molecule has 1 aromatic heterocycles. The van der Waals surface area contributed by atoms with Gasteiger partial charge >= 0.3 is 0 Å². The summed E-state index contributed by atoms with van der Waals surface area (Å²) in [7, 11) is 0. The molecule has 1 amide bonds. The molecule has 1 atom stereocenters. The minimum atomic E-state index is -0.767. The van der Waals surface area contributed by atoms with Crippen LogP contribution < -0.4 is 5.32 Å². The number of nitrogens with zero attached hydrogens (tertiary/aromatic N) is 3. The Hall–Kier alpha value is -2.99. The van der Waals surface area contributed by atoms with Gasteiger partial charge in [-0.15, -0.1) is 5.10 Å². The van der Waals surface area contributed by atoms with Crippen LogP contribution in [0.5, 0.6) is 0 Å². The lowest BCUT2D eigenvalue weighted by Crippen LogP contribution is -2.29. The summed E-state index contributed by atoms with van der Waals surface area (Å²) in [5, 5.41) is 21.1. The van der Waals surface area contributed by atoms with Gasteiger partial charge in [0.25, 0.3) is 5.91 Å². The Labute approximate surface area is 165 Å². The van der Waals surface area contributed by atoms with Gasteiger partial charge in [-0.2, -0.15) is 0 Å². The van der Waals surface area contributed by atoms with Crippen LogP contribution in [0.2, 0.25) is 0 Å². The molecule has 0 bridgehead atoms. The van der Waals surface area contributed by atoms with E-state index in [0.717, 1.165) is 23.1 Å². The Balaban J connectivity index is 1.61. The molecule has 0 radical (unpaired) electrons. The number of hydrogen-bond acceptors (Lipinski definition) is 4. The average molecular weight is 378 g/mol. The zero-order valence-corrected chi connectivity index (χ0v) is 16.5. The Morgan fingerprint density at radius 3 is 2.36 bits per heavy atom. The Bertz CT molecular complexity index is 930. The van der Waals surface area contributed by atoms with Crippen molar-refractivity contribution < 1.29 is 9.90 Å². The van der Waals surface area contributed by atoms with Gasteiger partial charge in [-0.3, -0.25) is 4.79 Å². The minimum Gasteiger partial charge on any atom is -0.387 e. The molecule has 0 aliphatic heterocycles. The first-order chi connectivity index (χ1) is 13.5. The molecule has 0 saturated heterocycles. The zero-order valence-electron chi connectivity index (χ0n) is 16.5. The van der Waals surface area contributed by atoms with Crippen LogP contribution in [0, 0.1) is 13.8 Å². The van der Waals surface area contributed by atoms with Gasteiger partial charge in [0, 0.05) is 6.54 Å². The first kappa shape index (κ1) is 19.8. The average Bonchev–Trinajstić information content (AvgIpc) is 3.07. The second kappa shape index (κ2) is 8.80. The van der Waals surface area contributed by atoms with Gasteiger partial charge in [-0.25, -0.2) is 4.68 Å². The van der Waals surface area contributed by atoms with Crippen molar-refractivity contribution >= 4 is 5.91 Å². The van der Waals surface area contributed by atoms with E-state index in [0.29, 0.717) is 12.2 Å². The van der Waals surface area contributed by atoms with E-state index >= 15 is 0 Å². The molecular formula is C22H26N4O2. The summed E-state index contributed by atoms with van der Waals surface area (Å²) in [5.74, 6) is -0.337. The summed E-state index contributed by atoms with van der Waals surface area (Å²) in [6.07, 6.45) is 0.235. The molecule has 0 aliphatic carbocycles. The maximum absolute atomic E-state index is 12.5. The molecule has 0 unspecified atom stereocenters. The van der Waals surface area contributed by atoms with Crippen LogP contribution in [-0.2, 0) is 13.0 Å². The molecule has 0 saturated carbocycles. The standard InChI is InChI=1S/C22H26N4O2/c1-4-17-7-9-18(10-8-17)14-26-16(3)21(24-25-26)22(28)23-13-20(27)19-11-5-15(2)6-12-19/h5-12,20,27H,4,13-14H2,1-3H3,(H,23,28)/t20-/m0/s1. The molecule has 2 N–H and O–H groups in total. The fourth-order valence-electron chi connectivity index (χ4n) is 2.95. The van der Waals surface area contributed by atoms with E-state index in [-0.39, 0.29) is 18.1 Å². The van der Waals surface area contributed by atoms with E-state index in [9.17, 15) is 9.90 Å². The summed E-state index contributed by atoms with van der Waals surface area (Å²) in [4.78, 5) is 12.5. The summed E-state index contributed by atoms with van der Waals surface area (Å²) in [6, 6.07) is 15.9. The van der Waals surface area contributed by atoms with E-state index in [1.807, 2.05) is 38.1 Å². The number of aromatic nitrogens is 3. The van der Waals surface area contributed by atoms with Crippen LogP contribution in [-0.4, -0.2) is 32.6 Å². The third-order valence-electron chi connectivity index (χ3n) is 4.88. The number of amides is 1. The first-order valence-electron chi connectivity index (χ1n) is 9.48. The predicted octanol–water partition coefficient (Wildman–Crippen LogP) is 2.97. The Morgan fingerprint density at radius 2 is 1.71 bits per heavy atom. The fraction of sp³-hybridized carbons (Fsp3) is 0.318. The number of rotatable bonds is 7. The third kappa shape index (κ3) is 4.64. The van der Waals surface area contributed by atoms with Gasteiger partial charge in [0.2, 0.25) is 0 Å². The van der Waals surface area contributed by atoms with E-state index < -0.39 is 6.10 Å². The third-order valence-corrected chi connectivity index (χ3v) is 4.88. The van der Waals surface area contributed by atoms with Gasteiger partial charge in [0.05, 0.1) is 18.3 Å². The van der Waals surface area contributed by atoms with Crippen molar-refractivity contribution in [1.82, 2.24) is 20.3 Å². The lowest BCUT2D eigenvalue weighted by atomic mass is 10.1. The summed E-state index contributed by atoms with van der Waals surface area (Å²) < 4.78 is 1.71. The van der Waals surface area contributed by atoms with Crippen LogP contribution in [0.4, 0.5) is 0 Å². The Kier molecular flexibility index (Phi) is 6.21. The number of benzene rings is 2. The van der Waals surface area contributed by atoms with Gasteiger partial charge in [0.1, 0.15) is 0 Å². The summed E-state index contributed by atoms with van der Waals surface area (Å²) >= 11 is 0. The van der Waals surface area contributed by atoms with Crippen molar-refractivity contribution in [1.29, 1.82) is 0 Å². The van der Waals surface area contributed by atoms with Gasteiger partial charge in [-0.1, -0.05) is 66.2 Å².